The highest BCUT2D eigenvalue weighted by Gasteiger charge is 2.24. The third-order valence-electron chi connectivity index (χ3n) is 3.41. The zero-order valence-corrected chi connectivity index (χ0v) is 13.2. The van der Waals surface area contributed by atoms with Crippen molar-refractivity contribution in [3.05, 3.63) is 28.8 Å². The van der Waals surface area contributed by atoms with Gasteiger partial charge in [-0.15, -0.1) is 0 Å². The lowest BCUT2D eigenvalue weighted by Gasteiger charge is -2.14. The first-order chi connectivity index (χ1) is 10.6. The Labute approximate surface area is 134 Å². The third kappa shape index (κ3) is 4.83. The molecule has 2 atom stereocenters. The van der Waals surface area contributed by atoms with Gasteiger partial charge in [0.25, 0.3) is 5.91 Å². The van der Waals surface area contributed by atoms with Crippen molar-refractivity contribution >= 4 is 17.5 Å². The minimum atomic E-state index is -0.846. The van der Waals surface area contributed by atoms with Crippen LogP contribution in [0, 0.1) is 0 Å². The summed E-state index contributed by atoms with van der Waals surface area (Å²) in [7, 11) is 1.57. The quantitative estimate of drug-likeness (QED) is 0.748. The SMILES string of the molecule is COCCOc1ccc(Cl)cc1C(=O)NC[C@@H]1C[C@H](F)CN1. The van der Waals surface area contributed by atoms with Gasteiger partial charge in [0.1, 0.15) is 18.5 Å². The molecule has 0 unspecified atom stereocenters. The van der Waals surface area contributed by atoms with Crippen LogP contribution >= 0.6 is 11.6 Å². The molecule has 1 fully saturated rings. The van der Waals surface area contributed by atoms with Gasteiger partial charge in [0.05, 0.1) is 12.2 Å². The van der Waals surface area contributed by atoms with E-state index in [4.69, 9.17) is 21.1 Å². The largest absolute Gasteiger partial charge is 0.490 e. The summed E-state index contributed by atoms with van der Waals surface area (Å²) >= 11 is 5.95. The number of alkyl halides is 1. The highest BCUT2D eigenvalue weighted by atomic mass is 35.5. The van der Waals surface area contributed by atoms with Crippen molar-refractivity contribution in [2.24, 2.45) is 0 Å². The minimum Gasteiger partial charge on any atom is -0.490 e. The molecule has 2 N–H and O–H groups in total. The summed E-state index contributed by atoms with van der Waals surface area (Å²) < 4.78 is 23.5. The number of nitrogens with one attached hydrogen (secondary N) is 2. The Hall–Kier alpha value is -1.37. The molecular formula is C15H20ClFN2O3. The number of halogens is 2. The van der Waals surface area contributed by atoms with Crippen molar-refractivity contribution in [2.45, 2.75) is 18.6 Å². The van der Waals surface area contributed by atoms with E-state index in [1.54, 1.807) is 25.3 Å². The van der Waals surface area contributed by atoms with E-state index in [2.05, 4.69) is 10.6 Å². The van der Waals surface area contributed by atoms with Gasteiger partial charge in [0, 0.05) is 31.3 Å². The number of hydrogen-bond acceptors (Lipinski definition) is 4. The number of methoxy groups -OCH3 is 1. The Morgan fingerprint density at radius 1 is 1.50 bits per heavy atom. The molecule has 22 heavy (non-hydrogen) atoms. The number of amides is 1. The fourth-order valence-corrected chi connectivity index (χ4v) is 2.45. The molecular weight excluding hydrogens is 311 g/mol. The van der Waals surface area contributed by atoms with Gasteiger partial charge in [-0.1, -0.05) is 11.6 Å². The third-order valence-corrected chi connectivity index (χ3v) is 3.64. The van der Waals surface area contributed by atoms with Gasteiger partial charge in [0.15, 0.2) is 0 Å². The van der Waals surface area contributed by atoms with Crippen molar-refractivity contribution in [3.63, 3.8) is 0 Å². The molecule has 1 aliphatic heterocycles. The maximum Gasteiger partial charge on any atom is 0.255 e. The van der Waals surface area contributed by atoms with Gasteiger partial charge in [-0.2, -0.15) is 0 Å². The Morgan fingerprint density at radius 2 is 2.32 bits per heavy atom. The summed E-state index contributed by atoms with van der Waals surface area (Å²) in [6.07, 6.45) is -0.437. The highest BCUT2D eigenvalue weighted by molar-refractivity contribution is 6.31. The van der Waals surface area contributed by atoms with Gasteiger partial charge in [0.2, 0.25) is 0 Å². The van der Waals surface area contributed by atoms with Crippen molar-refractivity contribution in [2.75, 3.05) is 33.4 Å². The van der Waals surface area contributed by atoms with Gasteiger partial charge < -0.3 is 20.1 Å². The fourth-order valence-electron chi connectivity index (χ4n) is 2.28. The monoisotopic (exact) mass is 330 g/mol. The van der Waals surface area contributed by atoms with E-state index in [1.165, 1.54) is 0 Å². The van der Waals surface area contributed by atoms with Crippen LogP contribution in [0.25, 0.3) is 0 Å². The normalized spacial score (nSPS) is 20.9. The van der Waals surface area contributed by atoms with E-state index in [0.29, 0.717) is 49.1 Å². The number of benzene rings is 1. The van der Waals surface area contributed by atoms with Crippen LogP contribution < -0.4 is 15.4 Å². The molecule has 1 heterocycles. The molecule has 2 rings (SSSR count). The maximum atomic E-state index is 13.1. The van der Waals surface area contributed by atoms with Crippen LogP contribution in [-0.4, -0.2) is 51.5 Å². The molecule has 1 aromatic rings. The molecule has 1 aliphatic rings. The van der Waals surface area contributed by atoms with Gasteiger partial charge in [-0.05, 0) is 24.6 Å². The summed E-state index contributed by atoms with van der Waals surface area (Å²) in [5.74, 6) is 0.153. The van der Waals surface area contributed by atoms with Gasteiger partial charge >= 0.3 is 0 Å². The predicted molar refractivity (Wildman–Crippen MR) is 82.5 cm³/mol. The van der Waals surface area contributed by atoms with Crippen molar-refractivity contribution in [1.29, 1.82) is 0 Å². The first kappa shape index (κ1) is 17.0. The number of hydrogen-bond donors (Lipinski definition) is 2. The zero-order valence-electron chi connectivity index (χ0n) is 12.4. The van der Waals surface area contributed by atoms with Crippen molar-refractivity contribution in [3.8, 4) is 5.75 Å². The standard InChI is InChI=1S/C15H20ClFN2O3/c1-21-4-5-22-14-3-2-10(16)6-13(14)15(20)19-9-12-7-11(17)8-18-12/h2-3,6,11-12,18H,4-5,7-9H2,1H3,(H,19,20)/t11-,12-/m0/s1. The summed E-state index contributed by atoms with van der Waals surface area (Å²) in [6, 6.07) is 4.82. The van der Waals surface area contributed by atoms with Crippen LogP contribution in [0.4, 0.5) is 4.39 Å². The van der Waals surface area contributed by atoms with Crippen molar-refractivity contribution < 1.29 is 18.7 Å². The molecule has 0 aliphatic carbocycles. The second kappa shape index (κ2) is 8.31. The lowest BCUT2D eigenvalue weighted by molar-refractivity contribution is 0.0942. The Morgan fingerprint density at radius 3 is 3.00 bits per heavy atom. The molecule has 5 nitrogen and oxygen atoms in total. The zero-order chi connectivity index (χ0) is 15.9. The average molecular weight is 331 g/mol. The van der Waals surface area contributed by atoms with Crippen LogP contribution in [-0.2, 0) is 4.74 Å². The van der Waals surface area contributed by atoms with Crippen molar-refractivity contribution in [1.82, 2.24) is 10.6 Å². The molecule has 122 valence electrons. The van der Waals surface area contributed by atoms with Crippen LogP contribution in [0.1, 0.15) is 16.8 Å². The van der Waals surface area contributed by atoms with Crippen LogP contribution in [0.15, 0.2) is 18.2 Å². The second-order valence-corrected chi connectivity index (χ2v) is 5.57. The average Bonchev–Trinajstić information content (AvgIpc) is 2.92. The number of carbonyl (C=O) groups excluding carboxylic acids is 1. The van der Waals surface area contributed by atoms with Crippen LogP contribution in [0.5, 0.6) is 5.75 Å². The fraction of sp³-hybridized carbons (Fsp3) is 0.533. The molecule has 0 bridgehead atoms. The van der Waals surface area contributed by atoms with E-state index >= 15 is 0 Å². The predicted octanol–water partition coefficient (Wildman–Crippen LogP) is 1.80. The van der Waals surface area contributed by atoms with E-state index in [9.17, 15) is 9.18 Å². The minimum absolute atomic E-state index is 0.0454. The smallest absolute Gasteiger partial charge is 0.255 e. The molecule has 1 saturated heterocycles. The molecule has 1 amide bonds. The molecule has 0 aromatic heterocycles. The number of rotatable bonds is 7. The first-order valence-electron chi connectivity index (χ1n) is 7.17. The molecule has 1 aromatic carbocycles. The molecule has 0 spiro atoms. The summed E-state index contributed by atoms with van der Waals surface area (Å²) in [4.78, 5) is 12.3. The Kier molecular flexibility index (Phi) is 6.42. The molecule has 7 heteroatoms. The Balaban J connectivity index is 1.96. The number of carbonyl (C=O) groups is 1. The first-order valence-corrected chi connectivity index (χ1v) is 7.55. The van der Waals surface area contributed by atoms with E-state index in [1.807, 2.05) is 0 Å². The molecule has 0 saturated carbocycles. The van der Waals surface area contributed by atoms with E-state index < -0.39 is 6.17 Å². The van der Waals surface area contributed by atoms with E-state index in [0.717, 1.165) is 0 Å². The van der Waals surface area contributed by atoms with Crippen LogP contribution in [0.2, 0.25) is 5.02 Å². The lowest BCUT2D eigenvalue weighted by atomic mass is 10.1. The lowest BCUT2D eigenvalue weighted by Crippen LogP contribution is -2.37. The summed E-state index contributed by atoms with van der Waals surface area (Å²) in [6.45, 7) is 1.46. The Bertz CT molecular complexity index is 516. The van der Waals surface area contributed by atoms with E-state index in [-0.39, 0.29) is 11.9 Å². The molecule has 0 radical (unpaired) electrons. The number of ether oxygens (including phenoxy) is 2. The summed E-state index contributed by atoms with van der Waals surface area (Å²) in [5.41, 5.74) is 0.360. The van der Waals surface area contributed by atoms with Crippen LogP contribution in [0.3, 0.4) is 0 Å². The summed E-state index contributed by atoms with van der Waals surface area (Å²) in [5, 5.41) is 6.25. The highest BCUT2D eigenvalue weighted by Crippen LogP contribution is 2.23. The maximum absolute atomic E-state index is 13.1. The van der Waals surface area contributed by atoms with Gasteiger partial charge in [-0.25, -0.2) is 4.39 Å². The second-order valence-electron chi connectivity index (χ2n) is 5.13. The van der Waals surface area contributed by atoms with Gasteiger partial charge in [-0.3, -0.25) is 4.79 Å². The topological polar surface area (TPSA) is 59.6 Å².